The molecule has 5 nitrogen and oxygen atoms in total. The Balaban J connectivity index is 1.96. The molecular formula is C29H32N2O3S. The lowest BCUT2D eigenvalue weighted by atomic mass is 9.89. The summed E-state index contributed by atoms with van der Waals surface area (Å²) in [5.41, 5.74) is 4.98. The van der Waals surface area contributed by atoms with Crippen molar-refractivity contribution in [3.8, 4) is 6.07 Å². The highest BCUT2D eigenvalue weighted by molar-refractivity contribution is 7.86. The van der Waals surface area contributed by atoms with Crippen LogP contribution in [0.3, 0.4) is 0 Å². The Labute approximate surface area is 209 Å². The minimum atomic E-state index is -4.15. The minimum Gasteiger partial charge on any atom is -0.264 e. The molecule has 0 atom stereocenters. The van der Waals surface area contributed by atoms with E-state index in [2.05, 4.69) is 25.1 Å². The summed E-state index contributed by atoms with van der Waals surface area (Å²) < 4.78 is 32.0. The van der Waals surface area contributed by atoms with Gasteiger partial charge in [-0.3, -0.25) is 4.28 Å². The van der Waals surface area contributed by atoms with Crippen LogP contribution in [0.15, 0.2) is 82.4 Å². The molecule has 0 aliphatic heterocycles. The summed E-state index contributed by atoms with van der Waals surface area (Å²) in [6.45, 7) is 12.1. The number of hydrogen-bond donors (Lipinski definition) is 0. The summed E-state index contributed by atoms with van der Waals surface area (Å²) in [5.74, 6) is 0.269. The van der Waals surface area contributed by atoms with Crippen molar-refractivity contribution in [1.82, 2.24) is 0 Å². The van der Waals surface area contributed by atoms with Crippen LogP contribution in [0.2, 0.25) is 0 Å². The molecule has 0 N–H and O–H groups in total. The van der Waals surface area contributed by atoms with Crippen LogP contribution >= 0.6 is 0 Å². The first-order valence-electron chi connectivity index (χ1n) is 11.8. The Morgan fingerprint density at radius 3 is 1.86 bits per heavy atom. The Hall–Kier alpha value is -3.43. The number of nitriles is 1. The van der Waals surface area contributed by atoms with E-state index < -0.39 is 10.1 Å². The number of benzene rings is 2. The van der Waals surface area contributed by atoms with Crippen molar-refractivity contribution in [3.63, 3.8) is 0 Å². The third-order valence-electron chi connectivity index (χ3n) is 5.90. The van der Waals surface area contributed by atoms with Crippen molar-refractivity contribution in [1.29, 1.82) is 5.26 Å². The first kappa shape index (κ1) is 26.2. The lowest BCUT2D eigenvalue weighted by Crippen LogP contribution is -2.14. The lowest BCUT2D eigenvalue weighted by Gasteiger charge is -2.21. The zero-order valence-electron chi connectivity index (χ0n) is 21.1. The molecule has 0 heterocycles. The van der Waals surface area contributed by atoms with Crippen LogP contribution in [-0.4, -0.2) is 14.1 Å². The van der Waals surface area contributed by atoms with Crippen LogP contribution in [0.1, 0.15) is 81.5 Å². The van der Waals surface area contributed by atoms with E-state index in [1.807, 2.05) is 70.2 Å². The second-order valence-corrected chi connectivity index (χ2v) is 11.0. The maximum absolute atomic E-state index is 13.4. The Morgan fingerprint density at radius 1 is 0.857 bits per heavy atom. The van der Waals surface area contributed by atoms with Gasteiger partial charge < -0.3 is 0 Å². The molecule has 2 aromatic carbocycles. The molecular weight excluding hydrogens is 456 g/mol. The quantitative estimate of drug-likeness (QED) is 0.304. The van der Waals surface area contributed by atoms with Crippen molar-refractivity contribution in [3.05, 3.63) is 94.6 Å². The summed E-state index contributed by atoms with van der Waals surface area (Å²) in [4.78, 5) is 0.205. The molecule has 0 unspecified atom stereocenters. The highest BCUT2D eigenvalue weighted by Gasteiger charge is 2.28. The van der Waals surface area contributed by atoms with Gasteiger partial charge in [-0.2, -0.15) is 13.7 Å². The molecule has 0 radical (unpaired) electrons. The number of nitrogens with zero attached hydrogens (tertiary/aromatic N) is 2. The van der Waals surface area contributed by atoms with Gasteiger partial charge in [0.25, 0.3) is 0 Å². The number of rotatable bonds is 7. The first-order valence-corrected chi connectivity index (χ1v) is 13.2. The van der Waals surface area contributed by atoms with Crippen LogP contribution in [0.25, 0.3) is 5.57 Å². The van der Waals surface area contributed by atoms with Crippen LogP contribution in [-0.2, 0) is 14.4 Å². The number of allylic oxidation sites excluding steroid dienone is 6. The van der Waals surface area contributed by atoms with E-state index in [9.17, 15) is 13.7 Å². The maximum Gasteiger partial charge on any atom is 0.359 e. The fraction of sp³-hybridized carbons (Fsp3) is 0.310. The second kappa shape index (κ2) is 10.9. The van der Waals surface area contributed by atoms with Crippen molar-refractivity contribution in [2.45, 2.75) is 64.2 Å². The highest BCUT2D eigenvalue weighted by atomic mass is 32.2. The van der Waals surface area contributed by atoms with E-state index in [4.69, 9.17) is 4.28 Å². The lowest BCUT2D eigenvalue weighted by molar-refractivity contribution is 0.338. The normalized spacial score (nSPS) is 13.5. The zero-order valence-corrected chi connectivity index (χ0v) is 21.9. The van der Waals surface area contributed by atoms with Gasteiger partial charge in [0.05, 0.1) is 5.57 Å². The average molecular weight is 489 g/mol. The van der Waals surface area contributed by atoms with Gasteiger partial charge in [-0.1, -0.05) is 101 Å². The molecule has 1 aliphatic rings. The summed E-state index contributed by atoms with van der Waals surface area (Å²) in [6.07, 6.45) is 6.74. The van der Waals surface area contributed by atoms with Gasteiger partial charge in [-0.25, -0.2) is 0 Å². The molecule has 0 aromatic heterocycles. The predicted molar refractivity (Wildman–Crippen MR) is 142 cm³/mol. The smallest absolute Gasteiger partial charge is 0.264 e. The third kappa shape index (κ3) is 5.98. The van der Waals surface area contributed by atoms with E-state index >= 15 is 0 Å². The van der Waals surface area contributed by atoms with Crippen molar-refractivity contribution >= 4 is 21.4 Å². The molecule has 1 aliphatic carbocycles. The van der Waals surface area contributed by atoms with Crippen LogP contribution in [0.4, 0.5) is 0 Å². The molecule has 0 bridgehead atoms. The monoisotopic (exact) mass is 488 g/mol. The SMILES string of the molecule is CC(C)c1cc(C(C)C)c(S(=O)(=O)ON=C2C=CC(=C(C#N)c3ccccc3)C=C2)c(C(C)C)c1. The van der Waals surface area contributed by atoms with Crippen LogP contribution < -0.4 is 0 Å². The van der Waals surface area contributed by atoms with Gasteiger partial charge in [0.15, 0.2) is 0 Å². The van der Waals surface area contributed by atoms with E-state index in [0.29, 0.717) is 16.9 Å². The predicted octanol–water partition coefficient (Wildman–Crippen LogP) is 7.22. The van der Waals surface area contributed by atoms with Crippen molar-refractivity contribution in [2.24, 2.45) is 5.16 Å². The number of hydrogen-bond acceptors (Lipinski definition) is 5. The van der Waals surface area contributed by atoms with E-state index in [-0.39, 0.29) is 22.6 Å². The van der Waals surface area contributed by atoms with Gasteiger partial charge in [0.1, 0.15) is 16.7 Å². The summed E-state index contributed by atoms with van der Waals surface area (Å²) >= 11 is 0. The molecule has 0 amide bonds. The molecule has 6 heteroatoms. The molecule has 35 heavy (non-hydrogen) atoms. The minimum absolute atomic E-state index is 0.00298. The van der Waals surface area contributed by atoms with Gasteiger partial charge in [-0.05, 0) is 57.7 Å². The molecule has 0 spiro atoms. The first-order chi connectivity index (χ1) is 16.5. The fourth-order valence-electron chi connectivity index (χ4n) is 3.90. The molecule has 3 rings (SSSR count). The van der Waals surface area contributed by atoms with Gasteiger partial charge >= 0.3 is 10.1 Å². The maximum atomic E-state index is 13.4. The number of oxime groups is 1. The second-order valence-electron chi connectivity index (χ2n) is 9.51. The summed E-state index contributed by atoms with van der Waals surface area (Å²) in [6, 6.07) is 15.6. The molecule has 0 saturated heterocycles. The standard InChI is InChI=1S/C29H32N2O3S/c1-19(2)24-16-26(20(3)4)29(27(17-24)21(5)6)35(32,33)34-31-25-14-12-23(13-15-25)28(18-30)22-10-8-7-9-11-22/h7-17,19-21H,1-6H3. The van der Waals surface area contributed by atoms with E-state index in [1.165, 1.54) is 0 Å². The van der Waals surface area contributed by atoms with Gasteiger partial charge in [0, 0.05) is 0 Å². The molecule has 0 saturated carbocycles. The largest absolute Gasteiger partial charge is 0.359 e. The molecule has 182 valence electrons. The van der Waals surface area contributed by atoms with Crippen LogP contribution in [0.5, 0.6) is 0 Å². The average Bonchev–Trinajstić information content (AvgIpc) is 2.83. The Bertz CT molecular complexity index is 1310. The van der Waals surface area contributed by atoms with E-state index in [0.717, 1.165) is 22.3 Å². The molecule has 0 fully saturated rings. The zero-order chi connectivity index (χ0) is 25.8. The topological polar surface area (TPSA) is 79.5 Å². The third-order valence-corrected chi connectivity index (χ3v) is 7.14. The Kier molecular flexibility index (Phi) is 8.14. The van der Waals surface area contributed by atoms with Gasteiger partial charge in [0.2, 0.25) is 0 Å². The van der Waals surface area contributed by atoms with Crippen molar-refractivity contribution < 1.29 is 12.7 Å². The van der Waals surface area contributed by atoms with Gasteiger partial charge in [-0.15, -0.1) is 0 Å². The molecule has 2 aromatic rings. The van der Waals surface area contributed by atoms with Crippen molar-refractivity contribution in [2.75, 3.05) is 0 Å². The summed E-state index contributed by atoms with van der Waals surface area (Å²) in [5, 5.41) is 13.6. The highest BCUT2D eigenvalue weighted by Crippen LogP contribution is 2.36. The van der Waals surface area contributed by atoms with E-state index in [1.54, 1.807) is 24.3 Å². The summed E-state index contributed by atoms with van der Waals surface area (Å²) in [7, 11) is -4.15. The fourth-order valence-corrected chi connectivity index (χ4v) is 5.32. The Morgan fingerprint density at radius 2 is 1.40 bits per heavy atom. The van der Waals surface area contributed by atoms with Crippen LogP contribution in [0, 0.1) is 11.3 Å².